The third-order valence-corrected chi connectivity index (χ3v) is 3.79. The van der Waals surface area contributed by atoms with Crippen LogP contribution >= 0.6 is 0 Å². The molecule has 0 aliphatic carbocycles. The number of aromatic nitrogens is 2. The molecule has 0 radical (unpaired) electrons. The molecule has 0 saturated heterocycles. The Bertz CT molecular complexity index is 1090. The molecule has 8 nitrogen and oxygen atoms in total. The first-order chi connectivity index (χ1) is 13.1. The summed E-state index contributed by atoms with van der Waals surface area (Å²) >= 11 is 0. The molecule has 150 valence electrons. The van der Waals surface area contributed by atoms with Crippen LogP contribution in [0.4, 0.5) is 13.2 Å². The predicted molar refractivity (Wildman–Crippen MR) is 94.4 cm³/mol. The van der Waals surface area contributed by atoms with Gasteiger partial charge in [0.25, 0.3) is 0 Å². The van der Waals surface area contributed by atoms with Gasteiger partial charge in [-0.05, 0) is 42.6 Å². The first-order valence-electron chi connectivity index (χ1n) is 7.95. The largest absolute Gasteiger partial charge is 0.490 e. The van der Waals surface area contributed by atoms with E-state index in [1.807, 2.05) is 0 Å². The lowest BCUT2D eigenvalue weighted by atomic mass is 10.1. The molecule has 1 aromatic heterocycles. The van der Waals surface area contributed by atoms with Crippen LogP contribution in [0.2, 0.25) is 0 Å². The van der Waals surface area contributed by atoms with E-state index in [0.717, 1.165) is 16.3 Å². The smallest absolute Gasteiger partial charge is 0.477 e. The highest BCUT2D eigenvalue weighted by atomic mass is 19.4. The SMILES string of the molecule is NCCCn1[nH]c2c(ccc3cc(=O)ccc32)c1C(=O)O.O=C(O)C(F)(F)F. The van der Waals surface area contributed by atoms with Crippen LogP contribution in [-0.2, 0) is 11.3 Å². The quantitative estimate of drug-likeness (QED) is 0.530. The van der Waals surface area contributed by atoms with Crippen molar-refractivity contribution in [1.29, 1.82) is 0 Å². The average Bonchev–Trinajstić information content (AvgIpc) is 2.98. The van der Waals surface area contributed by atoms with Gasteiger partial charge in [0.05, 0.1) is 5.52 Å². The molecule has 0 amide bonds. The number of fused-ring (bicyclic) bond motifs is 3. The standard InChI is InChI=1S/C15H15N3O3.C2HF3O2/c16-6-1-7-18-14(15(20)21)12-4-2-9-8-10(19)3-5-11(9)13(12)17-18;3-2(4,5)1(6)7/h2-5,8,17H,1,6-7,16H2,(H,20,21);(H,6,7). The van der Waals surface area contributed by atoms with Crippen molar-refractivity contribution >= 4 is 33.6 Å². The zero-order valence-corrected chi connectivity index (χ0v) is 14.3. The van der Waals surface area contributed by atoms with E-state index in [1.165, 1.54) is 6.07 Å². The Morgan fingerprint density at radius 2 is 1.71 bits per heavy atom. The van der Waals surface area contributed by atoms with E-state index in [1.54, 1.807) is 28.9 Å². The lowest BCUT2D eigenvalue weighted by molar-refractivity contribution is -0.192. The van der Waals surface area contributed by atoms with Crippen LogP contribution in [0.15, 0.2) is 35.1 Å². The Balaban J connectivity index is 0.000000345. The third-order valence-electron chi connectivity index (χ3n) is 3.79. The predicted octanol–water partition coefficient (Wildman–Crippen LogP) is 2.16. The lowest BCUT2D eigenvalue weighted by Gasteiger charge is -2.03. The molecule has 2 aromatic carbocycles. The zero-order valence-electron chi connectivity index (χ0n) is 14.3. The number of hydrogen-bond acceptors (Lipinski definition) is 4. The first kappa shape index (κ1) is 21.0. The molecule has 0 aliphatic heterocycles. The molecule has 28 heavy (non-hydrogen) atoms. The number of benzene rings is 2. The number of nitrogens with one attached hydrogen (secondary N) is 1. The van der Waals surface area contributed by atoms with E-state index in [0.29, 0.717) is 24.9 Å². The van der Waals surface area contributed by atoms with Crippen molar-refractivity contribution in [3.05, 3.63) is 46.2 Å². The average molecular weight is 399 g/mol. The number of aliphatic carboxylic acids is 1. The monoisotopic (exact) mass is 399 g/mol. The minimum atomic E-state index is -5.08. The van der Waals surface area contributed by atoms with Crippen molar-refractivity contribution in [1.82, 2.24) is 9.78 Å². The number of aromatic amines is 1. The molecule has 0 unspecified atom stereocenters. The molecule has 1 heterocycles. The van der Waals surface area contributed by atoms with Crippen molar-refractivity contribution in [3.8, 4) is 0 Å². The molecule has 0 saturated carbocycles. The summed E-state index contributed by atoms with van der Waals surface area (Å²) in [6.45, 7) is 0.996. The van der Waals surface area contributed by atoms with Gasteiger partial charge < -0.3 is 15.9 Å². The second-order valence-electron chi connectivity index (χ2n) is 5.73. The molecule has 0 atom stereocenters. The summed E-state index contributed by atoms with van der Waals surface area (Å²) in [4.78, 5) is 31.8. The molecular formula is C17H16F3N3O5. The van der Waals surface area contributed by atoms with Crippen molar-refractivity contribution < 1.29 is 33.0 Å². The number of hydrogen-bond donors (Lipinski definition) is 4. The maximum absolute atomic E-state index is 11.5. The second kappa shape index (κ2) is 8.13. The Morgan fingerprint density at radius 1 is 1.11 bits per heavy atom. The summed E-state index contributed by atoms with van der Waals surface area (Å²) in [5.74, 6) is -3.74. The first-order valence-corrected chi connectivity index (χ1v) is 7.95. The fourth-order valence-corrected chi connectivity index (χ4v) is 2.61. The number of nitrogens with zero attached hydrogens (tertiary/aromatic N) is 1. The minimum absolute atomic E-state index is 0.0668. The van der Waals surface area contributed by atoms with Crippen LogP contribution in [-0.4, -0.2) is 44.7 Å². The molecule has 5 N–H and O–H groups in total. The molecule has 0 bridgehead atoms. The fraction of sp³-hybridized carbons (Fsp3) is 0.235. The van der Waals surface area contributed by atoms with Gasteiger partial charge >= 0.3 is 18.1 Å². The molecule has 0 aliphatic rings. The van der Waals surface area contributed by atoms with Crippen LogP contribution in [0.5, 0.6) is 0 Å². The van der Waals surface area contributed by atoms with E-state index in [4.69, 9.17) is 15.6 Å². The van der Waals surface area contributed by atoms with Gasteiger partial charge in [-0.3, -0.25) is 14.6 Å². The lowest BCUT2D eigenvalue weighted by Crippen LogP contribution is -2.21. The molecule has 11 heteroatoms. The van der Waals surface area contributed by atoms with Crippen LogP contribution in [0, 0.1) is 0 Å². The van der Waals surface area contributed by atoms with Gasteiger partial charge in [0.1, 0.15) is 0 Å². The number of halogens is 3. The van der Waals surface area contributed by atoms with E-state index >= 15 is 0 Å². The van der Waals surface area contributed by atoms with Gasteiger partial charge in [0.15, 0.2) is 11.1 Å². The maximum atomic E-state index is 11.5. The second-order valence-corrected chi connectivity index (χ2v) is 5.73. The number of nitrogens with two attached hydrogens (primary N) is 1. The zero-order chi connectivity index (χ0) is 21.1. The van der Waals surface area contributed by atoms with Crippen LogP contribution in [0.3, 0.4) is 0 Å². The number of alkyl halides is 3. The summed E-state index contributed by atoms with van der Waals surface area (Å²) < 4.78 is 33.3. The molecule has 3 rings (SSSR count). The molecular weight excluding hydrogens is 383 g/mol. The van der Waals surface area contributed by atoms with Crippen LogP contribution in [0.25, 0.3) is 21.7 Å². The van der Waals surface area contributed by atoms with Crippen LogP contribution in [0.1, 0.15) is 16.9 Å². The summed E-state index contributed by atoms with van der Waals surface area (Å²) in [6, 6.07) is 8.24. The molecule has 0 spiro atoms. The number of carboxylic acids is 2. The van der Waals surface area contributed by atoms with Gasteiger partial charge in [0.2, 0.25) is 0 Å². The number of rotatable bonds is 4. The van der Waals surface area contributed by atoms with E-state index in [2.05, 4.69) is 5.10 Å². The summed E-state index contributed by atoms with van der Waals surface area (Å²) in [6.07, 6.45) is -4.40. The third kappa shape index (κ3) is 4.49. The molecule has 3 aromatic rings. The highest BCUT2D eigenvalue weighted by Gasteiger charge is 2.38. The normalized spacial score (nSPS) is 11.3. The Kier molecular flexibility index (Phi) is 6.09. The number of aryl methyl sites for hydroxylation is 1. The Hall–Kier alpha value is -3.34. The van der Waals surface area contributed by atoms with Crippen molar-refractivity contribution in [2.75, 3.05) is 6.54 Å². The molecule has 0 fully saturated rings. The number of carboxylic acid groups (broad SMARTS) is 2. The van der Waals surface area contributed by atoms with Crippen molar-refractivity contribution in [2.45, 2.75) is 19.1 Å². The number of carbonyl (C=O) groups is 2. The highest BCUT2D eigenvalue weighted by Crippen LogP contribution is 2.26. The van der Waals surface area contributed by atoms with Gasteiger partial charge in [-0.25, -0.2) is 9.59 Å². The van der Waals surface area contributed by atoms with Crippen LogP contribution < -0.4 is 11.2 Å². The minimum Gasteiger partial charge on any atom is -0.477 e. The highest BCUT2D eigenvalue weighted by molar-refractivity contribution is 6.11. The Morgan fingerprint density at radius 3 is 2.25 bits per heavy atom. The van der Waals surface area contributed by atoms with Gasteiger partial charge in [-0.15, -0.1) is 0 Å². The van der Waals surface area contributed by atoms with E-state index < -0.39 is 18.1 Å². The van der Waals surface area contributed by atoms with Crippen molar-refractivity contribution in [3.63, 3.8) is 0 Å². The maximum Gasteiger partial charge on any atom is 0.490 e. The Labute approximate surface area is 155 Å². The summed E-state index contributed by atoms with van der Waals surface area (Å²) in [5.41, 5.74) is 6.37. The van der Waals surface area contributed by atoms with Gasteiger partial charge in [0, 0.05) is 17.3 Å². The van der Waals surface area contributed by atoms with Gasteiger partial charge in [-0.1, -0.05) is 6.07 Å². The summed E-state index contributed by atoms with van der Waals surface area (Å²) in [5, 5.41) is 21.9. The topological polar surface area (TPSA) is 138 Å². The van der Waals surface area contributed by atoms with E-state index in [-0.39, 0.29) is 11.1 Å². The van der Waals surface area contributed by atoms with Crippen molar-refractivity contribution in [2.24, 2.45) is 5.73 Å². The fourth-order valence-electron chi connectivity index (χ4n) is 2.61. The number of aromatic carboxylic acids is 1. The van der Waals surface area contributed by atoms with Gasteiger partial charge in [-0.2, -0.15) is 13.2 Å². The summed E-state index contributed by atoms with van der Waals surface area (Å²) in [7, 11) is 0. The van der Waals surface area contributed by atoms with E-state index in [9.17, 15) is 27.9 Å². The number of H-pyrrole nitrogens is 1.